The molecule has 0 heterocycles. The van der Waals surface area contributed by atoms with Crippen LogP contribution in [0.15, 0.2) is 24.8 Å². The summed E-state index contributed by atoms with van der Waals surface area (Å²) in [6, 6.07) is 3.57. The van der Waals surface area contributed by atoms with Gasteiger partial charge in [-0.3, -0.25) is 0 Å². The van der Waals surface area contributed by atoms with Gasteiger partial charge in [-0.15, -0.1) is 6.58 Å². The number of rotatable bonds is 5. The van der Waals surface area contributed by atoms with Crippen molar-refractivity contribution >= 4 is 0 Å². The molecule has 0 bridgehead atoms. The van der Waals surface area contributed by atoms with E-state index >= 15 is 0 Å². The average Bonchev–Trinajstić information content (AvgIpc) is 2.76. The zero-order valence-corrected chi connectivity index (χ0v) is 18.1. The van der Waals surface area contributed by atoms with E-state index in [0.717, 1.165) is 42.4 Å². The molecular weight excluding hydrogens is 362 g/mol. The number of halogens is 2. The van der Waals surface area contributed by atoms with Crippen LogP contribution in [-0.2, 0) is 0 Å². The van der Waals surface area contributed by atoms with Crippen molar-refractivity contribution in [2.75, 3.05) is 0 Å². The third kappa shape index (κ3) is 4.62. The summed E-state index contributed by atoms with van der Waals surface area (Å²) in [5, 5.41) is 0. The first kappa shape index (κ1) is 21.1. The highest BCUT2D eigenvalue weighted by atomic mass is 19.2. The fourth-order valence-electron chi connectivity index (χ4n) is 6.94. The molecule has 4 unspecified atom stereocenters. The number of fused-ring (bicyclic) bond motifs is 1. The van der Waals surface area contributed by atoms with Crippen molar-refractivity contribution in [3.8, 4) is 0 Å². The topological polar surface area (TPSA) is 0 Å². The predicted octanol–water partition coefficient (Wildman–Crippen LogP) is 8.35. The Bertz CT molecular complexity index is 701. The molecule has 0 N–H and O–H groups in total. The van der Waals surface area contributed by atoms with Crippen LogP contribution in [-0.4, -0.2) is 0 Å². The molecular formula is C27H38F2. The average molecular weight is 401 g/mol. The fourth-order valence-corrected chi connectivity index (χ4v) is 6.94. The molecule has 1 aromatic rings. The summed E-state index contributed by atoms with van der Waals surface area (Å²) < 4.78 is 28.4. The van der Waals surface area contributed by atoms with Gasteiger partial charge in [-0.2, -0.15) is 0 Å². The molecule has 0 amide bonds. The van der Waals surface area contributed by atoms with E-state index in [0.29, 0.717) is 11.1 Å². The summed E-state index contributed by atoms with van der Waals surface area (Å²) in [7, 11) is 0. The van der Waals surface area contributed by atoms with Gasteiger partial charge < -0.3 is 0 Å². The largest absolute Gasteiger partial charge is 0.203 e. The Hall–Kier alpha value is -1.18. The lowest BCUT2D eigenvalue weighted by Gasteiger charge is -2.45. The number of hydrogen-bond donors (Lipinski definition) is 0. The molecule has 0 spiro atoms. The highest BCUT2D eigenvalue weighted by Gasteiger charge is 2.39. The van der Waals surface area contributed by atoms with E-state index < -0.39 is 11.6 Å². The molecule has 3 fully saturated rings. The minimum absolute atomic E-state index is 0.206. The molecule has 2 heteroatoms. The van der Waals surface area contributed by atoms with Crippen LogP contribution in [0.25, 0.3) is 0 Å². The van der Waals surface area contributed by atoms with Crippen molar-refractivity contribution in [2.45, 2.75) is 89.9 Å². The van der Waals surface area contributed by atoms with Crippen molar-refractivity contribution in [2.24, 2.45) is 29.6 Å². The molecule has 29 heavy (non-hydrogen) atoms. The lowest BCUT2D eigenvalue weighted by atomic mass is 9.60. The normalized spacial score (nSPS) is 35.1. The first-order valence-corrected chi connectivity index (χ1v) is 12.1. The molecule has 0 aliphatic heterocycles. The number of hydrogen-bond acceptors (Lipinski definition) is 0. The van der Waals surface area contributed by atoms with Crippen LogP contribution < -0.4 is 0 Å². The van der Waals surface area contributed by atoms with Gasteiger partial charge in [0.15, 0.2) is 11.6 Å². The smallest absolute Gasteiger partial charge is 0.162 e. The third-order valence-corrected chi connectivity index (χ3v) is 8.72. The Morgan fingerprint density at radius 3 is 2.17 bits per heavy atom. The third-order valence-electron chi connectivity index (χ3n) is 8.72. The quantitative estimate of drug-likeness (QED) is 0.436. The van der Waals surface area contributed by atoms with E-state index in [1.807, 2.05) is 6.07 Å². The molecule has 4 atom stereocenters. The van der Waals surface area contributed by atoms with Crippen LogP contribution in [0.2, 0.25) is 0 Å². The summed E-state index contributed by atoms with van der Waals surface area (Å²) >= 11 is 0. The zero-order valence-electron chi connectivity index (χ0n) is 18.1. The standard InChI is InChI=1S/C27H38F2/c1-3-4-5-19-7-8-24-17-23(14-13-22(24)16-19)20-9-11-21(12-10-20)25-15-6-18(2)26(28)27(25)29/h3,6,15,19-24H,1,4-5,7-14,16-17H2,2H3. The number of allylic oxidation sites excluding steroid dienone is 1. The van der Waals surface area contributed by atoms with Crippen LogP contribution in [0.5, 0.6) is 0 Å². The highest BCUT2D eigenvalue weighted by Crippen LogP contribution is 2.50. The van der Waals surface area contributed by atoms with Crippen LogP contribution in [0.3, 0.4) is 0 Å². The Morgan fingerprint density at radius 1 is 0.828 bits per heavy atom. The molecule has 1 aromatic carbocycles. The first-order chi connectivity index (χ1) is 14.1. The zero-order chi connectivity index (χ0) is 20.4. The number of aryl methyl sites for hydroxylation is 1. The summed E-state index contributed by atoms with van der Waals surface area (Å²) in [6.45, 7) is 5.53. The number of benzene rings is 1. The first-order valence-electron chi connectivity index (χ1n) is 12.1. The predicted molar refractivity (Wildman–Crippen MR) is 117 cm³/mol. The van der Waals surface area contributed by atoms with Gasteiger partial charge in [0, 0.05) is 0 Å². The van der Waals surface area contributed by atoms with Gasteiger partial charge in [-0.25, -0.2) is 8.78 Å². The Labute approximate surface area is 176 Å². The van der Waals surface area contributed by atoms with Crippen molar-refractivity contribution in [1.29, 1.82) is 0 Å². The van der Waals surface area contributed by atoms with E-state index in [1.165, 1.54) is 64.2 Å². The maximum Gasteiger partial charge on any atom is 0.162 e. The summed E-state index contributed by atoms with van der Waals surface area (Å²) in [5.41, 5.74) is 1.03. The maximum atomic E-state index is 14.4. The van der Waals surface area contributed by atoms with E-state index in [-0.39, 0.29) is 5.92 Å². The van der Waals surface area contributed by atoms with Gasteiger partial charge in [0.05, 0.1) is 0 Å². The molecule has 0 radical (unpaired) electrons. The van der Waals surface area contributed by atoms with E-state index in [4.69, 9.17) is 0 Å². The van der Waals surface area contributed by atoms with Gasteiger partial charge in [-0.1, -0.05) is 24.6 Å². The molecule has 3 saturated carbocycles. The van der Waals surface area contributed by atoms with Crippen LogP contribution >= 0.6 is 0 Å². The van der Waals surface area contributed by atoms with Gasteiger partial charge in [-0.05, 0) is 124 Å². The van der Waals surface area contributed by atoms with E-state index in [9.17, 15) is 8.78 Å². The molecule has 0 aromatic heterocycles. The summed E-state index contributed by atoms with van der Waals surface area (Å²) in [4.78, 5) is 0. The Kier molecular flexibility index (Phi) is 6.76. The minimum atomic E-state index is -0.647. The lowest BCUT2D eigenvalue weighted by molar-refractivity contribution is 0.0620. The van der Waals surface area contributed by atoms with Crippen molar-refractivity contribution in [3.05, 3.63) is 47.5 Å². The highest BCUT2D eigenvalue weighted by molar-refractivity contribution is 5.28. The van der Waals surface area contributed by atoms with E-state index in [1.54, 1.807) is 13.0 Å². The van der Waals surface area contributed by atoms with Gasteiger partial charge in [0.1, 0.15) is 0 Å². The maximum absolute atomic E-state index is 14.4. The van der Waals surface area contributed by atoms with Crippen LogP contribution in [0.1, 0.15) is 94.1 Å². The second kappa shape index (κ2) is 9.31. The van der Waals surface area contributed by atoms with Crippen LogP contribution in [0.4, 0.5) is 8.78 Å². The van der Waals surface area contributed by atoms with Crippen molar-refractivity contribution in [1.82, 2.24) is 0 Å². The molecule has 0 nitrogen and oxygen atoms in total. The molecule has 160 valence electrons. The fraction of sp³-hybridized carbons (Fsp3) is 0.704. The Balaban J connectivity index is 1.29. The molecule has 0 saturated heterocycles. The van der Waals surface area contributed by atoms with Crippen LogP contribution in [0, 0.1) is 48.1 Å². The SMILES string of the molecule is C=CCCC1CCC2CC(C3CCC(c4ccc(C)c(F)c4F)CC3)CCC2C1. The van der Waals surface area contributed by atoms with Gasteiger partial charge in [0.2, 0.25) is 0 Å². The molecule has 3 aliphatic rings. The lowest BCUT2D eigenvalue weighted by Crippen LogP contribution is -2.34. The molecule has 4 rings (SSSR count). The van der Waals surface area contributed by atoms with Crippen molar-refractivity contribution < 1.29 is 8.78 Å². The summed E-state index contributed by atoms with van der Waals surface area (Å²) in [6.07, 6.45) is 17.6. The van der Waals surface area contributed by atoms with Gasteiger partial charge in [0.25, 0.3) is 0 Å². The molecule has 3 aliphatic carbocycles. The second-order valence-electron chi connectivity index (χ2n) is 10.3. The van der Waals surface area contributed by atoms with Crippen molar-refractivity contribution in [3.63, 3.8) is 0 Å². The second-order valence-corrected chi connectivity index (χ2v) is 10.3. The minimum Gasteiger partial charge on any atom is -0.203 e. The van der Waals surface area contributed by atoms with Gasteiger partial charge >= 0.3 is 0 Å². The Morgan fingerprint density at radius 2 is 1.45 bits per heavy atom. The van der Waals surface area contributed by atoms with E-state index in [2.05, 4.69) is 12.7 Å². The summed E-state index contributed by atoms with van der Waals surface area (Å²) in [5.74, 6) is 3.51. The monoisotopic (exact) mass is 400 g/mol.